The Morgan fingerprint density at radius 2 is 1.76 bits per heavy atom. The minimum atomic E-state index is -1.28. The van der Waals surface area contributed by atoms with E-state index in [1.165, 1.54) is 25.7 Å². The summed E-state index contributed by atoms with van der Waals surface area (Å²) in [7, 11) is -1.28. The zero-order valence-electron chi connectivity index (χ0n) is 13.3. The Hall–Kier alpha value is -1.08. The van der Waals surface area contributed by atoms with E-state index in [4.69, 9.17) is 0 Å². The first kappa shape index (κ1) is 13.6. The molecule has 0 spiro atoms. The molecule has 0 aliphatic heterocycles. The Morgan fingerprint density at radius 3 is 2.67 bits per heavy atom. The quantitative estimate of drug-likeness (QED) is 0.633. The fraction of sp³-hybridized carbons (Fsp3) is 0.500. The van der Waals surface area contributed by atoms with Crippen LogP contribution in [-0.2, 0) is 6.42 Å². The van der Waals surface area contributed by atoms with Gasteiger partial charge in [0.15, 0.2) is 0 Å². The summed E-state index contributed by atoms with van der Waals surface area (Å²) < 4.78 is 0. The second-order valence-corrected chi connectivity index (χ2v) is 12.9. The van der Waals surface area contributed by atoms with Crippen molar-refractivity contribution < 1.29 is 0 Å². The fourth-order valence-electron chi connectivity index (χ4n) is 5.41. The minimum Gasteiger partial charge on any atom is -0.0808 e. The number of hydrogen-bond donors (Lipinski definition) is 0. The molecule has 0 amide bonds. The van der Waals surface area contributed by atoms with Gasteiger partial charge in [0.05, 0.1) is 8.07 Å². The molecule has 1 fully saturated rings. The van der Waals surface area contributed by atoms with Crippen molar-refractivity contribution in [3.63, 3.8) is 0 Å². The second kappa shape index (κ2) is 4.98. The maximum atomic E-state index is 2.68. The third-order valence-corrected chi connectivity index (χ3v) is 11.5. The molecule has 0 aromatic heterocycles. The van der Waals surface area contributed by atoms with Gasteiger partial charge in [0, 0.05) is 0 Å². The van der Waals surface area contributed by atoms with E-state index >= 15 is 0 Å². The first-order valence-electron chi connectivity index (χ1n) is 8.61. The average molecular weight is 295 g/mol. The molecule has 4 rings (SSSR count). The molecule has 0 saturated heterocycles. The van der Waals surface area contributed by atoms with Gasteiger partial charge in [0.2, 0.25) is 0 Å². The van der Waals surface area contributed by atoms with Crippen molar-refractivity contribution in [3.05, 3.63) is 59.7 Å². The van der Waals surface area contributed by atoms with Gasteiger partial charge in [-0.3, -0.25) is 0 Å². The molecular formula is C20H26Si. The van der Waals surface area contributed by atoms with Gasteiger partial charge in [0.1, 0.15) is 0 Å². The number of hydrogen-bond acceptors (Lipinski definition) is 0. The highest BCUT2D eigenvalue weighted by Gasteiger charge is 2.48. The van der Waals surface area contributed by atoms with Crippen molar-refractivity contribution in [2.75, 3.05) is 0 Å². The molecule has 0 radical (unpaired) electrons. The van der Waals surface area contributed by atoms with Gasteiger partial charge in [-0.25, -0.2) is 0 Å². The number of allylic oxidation sites excluding steroid dienone is 4. The summed E-state index contributed by atoms with van der Waals surface area (Å²) in [6, 6.07) is 9.25. The van der Waals surface area contributed by atoms with Crippen LogP contribution in [0.15, 0.2) is 48.6 Å². The maximum absolute atomic E-state index is 2.68. The normalized spacial score (nSPS) is 34.0. The Labute approximate surface area is 130 Å². The van der Waals surface area contributed by atoms with Crippen LogP contribution < -0.4 is 0 Å². The Morgan fingerprint density at radius 1 is 0.952 bits per heavy atom. The topological polar surface area (TPSA) is 0 Å². The zero-order valence-corrected chi connectivity index (χ0v) is 14.3. The van der Waals surface area contributed by atoms with E-state index in [0.717, 1.165) is 22.9 Å². The summed E-state index contributed by atoms with van der Waals surface area (Å²) in [6.07, 6.45) is 15.2. The lowest BCUT2D eigenvalue weighted by Gasteiger charge is -2.40. The Balaban J connectivity index is 1.65. The largest absolute Gasteiger partial charge is 0.0808 e. The summed E-state index contributed by atoms with van der Waals surface area (Å²) in [4.78, 5) is 0. The van der Waals surface area contributed by atoms with Crippen molar-refractivity contribution in [2.45, 2.75) is 49.9 Å². The molecule has 4 atom stereocenters. The lowest BCUT2D eigenvalue weighted by molar-refractivity contribution is 0.540. The van der Waals surface area contributed by atoms with E-state index in [9.17, 15) is 0 Å². The molecule has 1 heteroatoms. The molecule has 0 nitrogen and oxygen atoms in total. The molecule has 0 N–H and O–H groups in total. The highest BCUT2D eigenvalue weighted by atomic mass is 28.3. The van der Waals surface area contributed by atoms with E-state index in [2.05, 4.69) is 61.7 Å². The van der Waals surface area contributed by atoms with Crippen LogP contribution in [0.25, 0.3) is 0 Å². The predicted octanol–water partition coefficient (Wildman–Crippen LogP) is 5.49. The minimum absolute atomic E-state index is 0.837. The molecule has 3 aliphatic carbocycles. The SMILES string of the molecule is C[Si](C)(C1CCc2ccccc21)C1CCC2C=CC=CC21. The van der Waals surface area contributed by atoms with Gasteiger partial charge < -0.3 is 0 Å². The smallest absolute Gasteiger partial charge is 0.0588 e. The Kier molecular flexibility index (Phi) is 3.22. The molecule has 4 unspecified atom stereocenters. The van der Waals surface area contributed by atoms with Crippen LogP contribution in [0.1, 0.15) is 35.9 Å². The molecule has 21 heavy (non-hydrogen) atoms. The van der Waals surface area contributed by atoms with Crippen molar-refractivity contribution in [3.8, 4) is 0 Å². The van der Waals surface area contributed by atoms with E-state index in [1.54, 1.807) is 11.1 Å². The standard InChI is InChI=1S/C20H26Si/c1-21(2,19-13-11-15-7-3-5-9-17(15)19)20-14-12-16-8-4-6-10-18(16)20/h3-10,15,17,19-20H,11-14H2,1-2H3. The van der Waals surface area contributed by atoms with Crippen molar-refractivity contribution in [1.82, 2.24) is 0 Å². The summed E-state index contributed by atoms with van der Waals surface area (Å²) in [5.74, 6) is 1.67. The number of benzene rings is 1. The highest BCUT2D eigenvalue weighted by Crippen LogP contribution is 2.55. The Bertz CT molecular complexity index is 596. The van der Waals surface area contributed by atoms with Gasteiger partial charge in [-0.1, -0.05) is 68.1 Å². The summed E-state index contributed by atoms with van der Waals surface area (Å²) in [5.41, 5.74) is 5.20. The first-order valence-corrected chi connectivity index (χ1v) is 11.8. The predicted molar refractivity (Wildman–Crippen MR) is 93.2 cm³/mol. The molecule has 0 heterocycles. The zero-order chi connectivity index (χ0) is 14.4. The van der Waals surface area contributed by atoms with Crippen LogP contribution in [0.4, 0.5) is 0 Å². The molecular weight excluding hydrogens is 268 g/mol. The molecule has 110 valence electrons. The molecule has 1 saturated carbocycles. The number of fused-ring (bicyclic) bond motifs is 2. The van der Waals surface area contributed by atoms with Crippen molar-refractivity contribution in [1.29, 1.82) is 0 Å². The van der Waals surface area contributed by atoms with E-state index in [1.807, 2.05) is 0 Å². The van der Waals surface area contributed by atoms with Crippen LogP contribution in [-0.4, -0.2) is 8.07 Å². The van der Waals surface area contributed by atoms with Gasteiger partial charge in [0.25, 0.3) is 0 Å². The van der Waals surface area contributed by atoms with Gasteiger partial charge in [-0.2, -0.15) is 0 Å². The summed E-state index contributed by atoms with van der Waals surface area (Å²) in [6.45, 7) is 5.36. The highest BCUT2D eigenvalue weighted by molar-refractivity contribution is 6.80. The first-order chi connectivity index (χ1) is 10.2. The van der Waals surface area contributed by atoms with E-state index in [-0.39, 0.29) is 0 Å². The summed E-state index contributed by atoms with van der Waals surface area (Å²) in [5, 5.41) is 0. The number of aryl methyl sites for hydroxylation is 1. The van der Waals surface area contributed by atoms with Crippen LogP contribution in [0.5, 0.6) is 0 Å². The van der Waals surface area contributed by atoms with Gasteiger partial charge >= 0.3 is 0 Å². The lowest BCUT2D eigenvalue weighted by Crippen LogP contribution is -2.41. The fourth-order valence-corrected chi connectivity index (χ4v) is 10.2. The van der Waals surface area contributed by atoms with Crippen LogP contribution in [0.2, 0.25) is 18.6 Å². The number of rotatable bonds is 2. The van der Waals surface area contributed by atoms with Crippen molar-refractivity contribution in [2.24, 2.45) is 11.8 Å². The third kappa shape index (κ3) is 2.09. The summed E-state index contributed by atoms with van der Waals surface area (Å²) >= 11 is 0. The van der Waals surface area contributed by atoms with E-state index < -0.39 is 8.07 Å². The molecule has 0 bridgehead atoms. The lowest BCUT2D eigenvalue weighted by atomic mass is 9.92. The monoisotopic (exact) mass is 294 g/mol. The van der Waals surface area contributed by atoms with Crippen LogP contribution >= 0.6 is 0 Å². The molecule has 1 aromatic rings. The van der Waals surface area contributed by atoms with E-state index in [0.29, 0.717) is 0 Å². The van der Waals surface area contributed by atoms with Gasteiger partial charge in [-0.15, -0.1) is 0 Å². The maximum Gasteiger partial charge on any atom is 0.0588 e. The second-order valence-electron chi connectivity index (χ2n) is 7.81. The van der Waals surface area contributed by atoms with Gasteiger partial charge in [-0.05, 0) is 53.3 Å². The third-order valence-electron chi connectivity index (χ3n) is 6.56. The molecule has 1 aromatic carbocycles. The van der Waals surface area contributed by atoms with Crippen molar-refractivity contribution >= 4 is 8.07 Å². The van der Waals surface area contributed by atoms with Crippen LogP contribution in [0.3, 0.4) is 0 Å². The average Bonchev–Trinajstić information content (AvgIpc) is 3.12. The van der Waals surface area contributed by atoms with Crippen LogP contribution in [0, 0.1) is 11.8 Å². The molecule has 3 aliphatic rings.